The lowest BCUT2D eigenvalue weighted by Gasteiger charge is -2.08. The van der Waals surface area contributed by atoms with E-state index in [1.807, 2.05) is 48.5 Å². The number of hydrogen-bond donors (Lipinski definition) is 0. The third-order valence-corrected chi connectivity index (χ3v) is 4.98. The van der Waals surface area contributed by atoms with Gasteiger partial charge in [-0.3, -0.25) is 0 Å². The van der Waals surface area contributed by atoms with Gasteiger partial charge in [0.1, 0.15) is 12.4 Å². The van der Waals surface area contributed by atoms with Gasteiger partial charge < -0.3 is 4.74 Å². The molecule has 0 saturated carbocycles. The highest BCUT2D eigenvalue weighted by Gasteiger charge is 2.06. The van der Waals surface area contributed by atoms with E-state index in [0.29, 0.717) is 38.6 Å². The predicted octanol–water partition coefficient (Wildman–Crippen LogP) is 7.29. The predicted molar refractivity (Wildman–Crippen MR) is 112 cm³/mol. The quantitative estimate of drug-likeness (QED) is 0.324. The van der Waals surface area contributed by atoms with Gasteiger partial charge in [0, 0.05) is 10.6 Å². The fourth-order valence-corrected chi connectivity index (χ4v) is 2.97. The molecular weight excluding hydrogens is 401 g/mol. The van der Waals surface area contributed by atoms with Gasteiger partial charge in [0.05, 0.1) is 21.7 Å². The van der Waals surface area contributed by atoms with Gasteiger partial charge >= 0.3 is 0 Å². The minimum atomic E-state index is 0.366. The Labute approximate surface area is 173 Å². The molecule has 134 valence electrons. The number of hydrogen-bond acceptors (Lipinski definition) is 2. The monoisotopic (exact) mass is 413 g/mol. The van der Waals surface area contributed by atoms with Crippen LogP contribution in [0.5, 0.6) is 5.75 Å². The first-order chi connectivity index (χ1) is 13.1. The molecule has 3 rings (SSSR count). The number of nitriles is 1. The maximum atomic E-state index is 9.51. The normalized spacial score (nSPS) is 11.1. The van der Waals surface area contributed by atoms with E-state index in [1.165, 1.54) is 0 Å². The SMILES string of the molecule is N#C/C(=C/c1cccc(OCc2ccccc2Cl)c1)c1ccc(Cl)c(Cl)c1. The summed E-state index contributed by atoms with van der Waals surface area (Å²) in [6.45, 7) is 0.366. The van der Waals surface area contributed by atoms with Gasteiger partial charge in [-0.05, 0) is 47.5 Å². The molecule has 0 heterocycles. The molecule has 3 aromatic rings. The average Bonchev–Trinajstić information content (AvgIpc) is 2.68. The minimum Gasteiger partial charge on any atom is -0.489 e. The summed E-state index contributed by atoms with van der Waals surface area (Å²) in [4.78, 5) is 0. The van der Waals surface area contributed by atoms with Crippen molar-refractivity contribution in [2.45, 2.75) is 6.61 Å². The van der Waals surface area contributed by atoms with Gasteiger partial charge in [-0.2, -0.15) is 5.26 Å². The molecule has 5 heteroatoms. The van der Waals surface area contributed by atoms with E-state index in [4.69, 9.17) is 39.5 Å². The Morgan fingerprint density at radius 3 is 2.44 bits per heavy atom. The Morgan fingerprint density at radius 2 is 1.70 bits per heavy atom. The van der Waals surface area contributed by atoms with Crippen molar-refractivity contribution in [2.75, 3.05) is 0 Å². The molecule has 0 aliphatic rings. The molecule has 0 fully saturated rings. The second kappa shape index (κ2) is 8.97. The zero-order valence-electron chi connectivity index (χ0n) is 14.1. The van der Waals surface area contributed by atoms with Crippen LogP contribution in [0.25, 0.3) is 11.6 Å². The zero-order chi connectivity index (χ0) is 19.2. The molecule has 0 saturated heterocycles. The largest absolute Gasteiger partial charge is 0.489 e. The average molecular weight is 415 g/mol. The van der Waals surface area contributed by atoms with Crippen LogP contribution in [0.1, 0.15) is 16.7 Å². The summed E-state index contributed by atoms with van der Waals surface area (Å²) in [7, 11) is 0. The van der Waals surface area contributed by atoms with Crippen molar-refractivity contribution >= 4 is 46.5 Å². The van der Waals surface area contributed by atoms with Crippen molar-refractivity contribution in [1.29, 1.82) is 5.26 Å². The standard InChI is InChI=1S/C22H14Cl3NO/c23-20-7-2-1-5-17(20)14-27-19-6-3-4-15(11-19)10-18(13-26)16-8-9-21(24)22(25)12-16/h1-12H,14H2/b18-10-. The van der Waals surface area contributed by atoms with Crippen molar-refractivity contribution in [3.05, 3.63) is 98.5 Å². The molecule has 0 spiro atoms. The molecule has 2 nitrogen and oxygen atoms in total. The van der Waals surface area contributed by atoms with Gasteiger partial charge in [-0.15, -0.1) is 0 Å². The van der Waals surface area contributed by atoms with Crippen molar-refractivity contribution in [3.63, 3.8) is 0 Å². The van der Waals surface area contributed by atoms with E-state index in [0.717, 1.165) is 11.1 Å². The van der Waals surface area contributed by atoms with Crippen LogP contribution >= 0.6 is 34.8 Å². The summed E-state index contributed by atoms with van der Waals surface area (Å²) in [5.74, 6) is 0.690. The molecule has 0 aromatic heterocycles. The molecule has 0 amide bonds. The van der Waals surface area contributed by atoms with Crippen LogP contribution in [-0.2, 0) is 6.61 Å². The number of allylic oxidation sites excluding steroid dienone is 1. The molecule has 0 atom stereocenters. The van der Waals surface area contributed by atoms with Crippen LogP contribution < -0.4 is 4.74 Å². The Balaban J connectivity index is 1.81. The van der Waals surface area contributed by atoms with Gasteiger partial charge in [0.2, 0.25) is 0 Å². The lowest BCUT2D eigenvalue weighted by atomic mass is 10.0. The van der Waals surface area contributed by atoms with E-state index in [-0.39, 0.29) is 0 Å². The van der Waals surface area contributed by atoms with E-state index in [1.54, 1.807) is 24.3 Å². The van der Waals surface area contributed by atoms with E-state index < -0.39 is 0 Å². The summed E-state index contributed by atoms with van der Waals surface area (Å²) < 4.78 is 5.83. The molecule has 0 N–H and O–H groups in total. The Hall–Kier alpha value is -2.44. The fourth-order valence-electron chi connectivity index (χ4n) is 2.48. The summed E-state index contributed by atoms with van der Waals surface area (Å²) in [5, 5.41) is 11.0. The Kier molecular flexibility index (Phi) is 6.42. The van der Waals surface area contributed by atoms with Crippen molar-refractivity contribution < 1.29 is 4.74 Å². The maximum Gasteiger partial charge on any atom is 0.120 e. The summed E-state index contributed by atoms with van der Waals surface area (Å²) in [6.07, 6.45) is 1.78. The smallest absolute Gasteiger partial charge is 0.120 e. The number of nitrogens with zero attached hydrogens (tertiary/aromatic N) is 1. The lowest BCUT2D eigenvalue weighted by molar-refractivity contribution is 0.306. The van der Waals surface area contributed by atoms with E-state index in [9.17, 15) is 5.26 Å². The van der Waals surface area contributed by atoms with Crippen molar-refractivity contribution in [2.24, 2.45) is 0 Å². The molecule has 0 unspecified atom stereocenters. The lowest BCUT2D eigenvalue weighted by Crippen LogP contribution is -1.96. The van der Waals surface area contributed by atoms with Crippen LogP contribution in [0, 0.1) is 11.3 Å². The first-order valence-electron chi connectivity index (χ1n) is 8.10. The highest BCUT2D eigenvalue weighted by Crippen LogP contribution is 2.28. The number of rotatable bonds is 5. The highest BCUT2D eigenvalue weighted by molar-refractivity contribution is 6.42. The topological polar surface area (TPSA) is 33.0 Å². The van der Waals surface area contributed by atoms with Crippen LogP contribution in [-0.4, -0.2) is 0 Å². The van der Waals surface area contributed by atoms with Crippen LogP contribution in [0.3, 0.4) is 0 Å². The highest BCUT2D eigenvalue weighted by atomic mass is 35.5. The molecule has 0 radical (unpaired) electrons. The molecule has 27 heavy (non-hydrogen) atoms. The molecule has 0 aliphatic carbocycles. The van der Waals surface area contributed by atoms with Crippen molar-refractivity contribution in [3.8, 4) is 11.8 Å². The number of halogens is 3. The van der Waals surface area contributed by atoms with E-state index in [2.05, 4.69) is 6.07 Å². The molecular formula is C22H14Cl3NO. The molecule has 0 aliphatic heterocycles. The van der Waals surface area contributed by atoms with Crippen LogP contribution in [0.2, 0.25) is 15.1 Å². The van der Waals surface area contributed by atoms with Crippen LogP contribution in [0.4, 0.5) is 0 Å². The van der Waals surface area contributed by atoms with Gasteiger partial charge in [0.15, 0.2) is 0 Å². The Bertz CT molecular complexity index is 1040. The third kappa shape index (κ3) is 5.05. The maximum absolute atomic E-state index is 9.51. The first-order valence-corrected chi connectivity index (χ1v) is 9.23. The summed E-state index contributed by atoms with van der Waals surface area (Å²) >= 11 is 18.2. The minimum absolute atomic E-state index is 0.366. The van der Waals surface area contributed by atoms with Crippen molar-refractivity contribution in [1.82, 2.24) is 0 Å². The molecule has 3 aromatic carbocycles. The fraction of sp³-hybridized carbons (Fsp3) is 0.0455. The second-order valence-electron chi connectivity index (χ2n) is 5.75. The number of benzene rings is 3. The summed E-state index contributed by atoms with van der Waals surface area (Å²) in [6, 6.07) is 22.4. The summed E-state index contributed by atoms with van der Waals surface area (Å²) in [5.41, 5.74) is 2.94. The van der Waals surface area contributed by atoms with Gasteiger partial charge in [0.25, 0.3) is 0 Å². The van der Waals surface area contributed by atoms with Gasteiger partial charge in [-0.25, -0.2) is 0 Å². The second-order valence-corrected chi connectivity index (χ2v) is 6.97. The Morgan fingerprint density at radius 1 is 0.889 bits per heavy atom. The van der Waals surface area contributed by atoms with E-state index >= 15 is 0 Å². The third-order valence-electron chi connectivity index (χ3n) is 3.87. The zero-order valence-corrected chi connectivity index (χ0v) is 16.4. The van der Waals surface area contributed by atoms with Gasteiger partial charge in [-0.1, -0.05) is 71.2 Å². The number of ether oxygens (including phenoxy) is 1. The van der Waals surface area contributed by atoms with Crippen LogP contribution in [0.15, 0.2) is 66.7 Å². The molecule has 0 bridgehead atoms. The first kappa shape index (κ1) is 19.3.